The standard InChI is InChI=1S/C24H26Br2O3.C21H24NS.Ir/c1-14-9-19-17(11-21(14)25)10-18-12-22(26)24(13-20(18)19)29-8-6-4-5-7-23(28)15(2)16(3)27;1-10-11(2)16(7)21-18(14(10)5)9-19(23-21)20-15(6)12(3)13(4)17(8)22-20;/h9,11-13,28H,4-8,10H2,1-3H3;1-8H3;/q;-1;. The summed E-state index contributed by atoms with van der Waals surface area (Å²) in [5, 5.41) is 11.2. The van der Waals surface area contributed by atoms with E-state index in [4.69, 9.17) is 9.72 Å². The first kappa shape index (κ1) is 43.1. The number of aliphatic hydroxyl groups is 1. The summed E-state index contributed by atoms with van der Waals surface area (Å²) < 4.78 is 9.53. The second-order valence-corrected chi connectivity index (χ2v) is 17.1. The molecular formula is C45H50Br2IrNO3S-. The van der Waals surface area contributed by atoms with Crippen LogP contribution in [0.1, 0.15) is 101 Å². The fraction of sp³-hybridized carbons (Fsp3) is 0.378. The maximum Gasteiger partial charge on any atom is 0.158 e. The third-order valence-electron chi connectivity index (χ3n) is 11.1. The summed E-state index contributed by atoms with van der Waals surface area (Å²) in [7, 11) is 0. The van der Waals surface area contributed by atoms with E-state index in [1.165, 1.54) is 88.6 Å². The van der Waals surface area contributed by atoms with Gasteiger partial charge in [0.15, 0.2) is 5.78 Å². The number of carbonyl (C=O) groups is 1. The zero-order valence-electron chi connectivity index (χ0n) is 32.8. The van der Waals surface area contributed by atoms with Crippen LogP contribution in [0, 0.1) is 68.4 Å². The number of ketones is 1. The van der Waals surface area contributed by atoms with Crippen molar-refractivity contribution in [3.05, 3.63) is 112 Å². The van der Waals surface area contributed by atoms with Gasteiger partial charge in [-0.25, -0.2) is 11.3 Å². The molecule has 8 heteroatoms. The zero-order chi connectivity index (χ0) is 38.2. The number of aliphatic hydroxyl groups excluding tert-OH is 1. The Hall–Kier alpha value is -2.61. The number of allylic oxidation sites excluding steroid dienone is 2. The van der Waals surface area contributed by atoms with Crippen molar-refractivity contribution in [1.29, 1.82) is 0 Å². The van der Waals surface area contributed by atoms with Gasteiger partial charge >= 0.3 is 0 Å². The summed E-state index contributed by atoms with van der Waals surface area (Å²) in [6.07, 6.45) is 4.16. The fourth-order valence-electron chi connectivity index (χ4n) is 6.76. The fourth-order valence-corrected chi connectivity index (χ4v) is 8.92. The van der Waals surface area contributed by atoms with E-state index in [1.54, 1.807) is 6.92 Å². The predicted molar refractivity (Wildman–Crippen MR) is 227 cm³/mol. The van der Waals surface area contributed by atoms with E-state index >= 15 is 0 Å². The Morgan fingerprint density at radius 2 is 1.40 bits per heavy atom. The molecule has 6 rings (SSSR count). The van der Waals surface area contributed by atoms with Crippen LogP contribution < -0.4 is 4.74 Å². The van der Waals surface area contributed by atoms with Crippen molar-refractivity contribution in [1.82, 2.24) is 4.98 Å². The summed E-state index contributed by atoms with van der Waals surface area (Å²) in [6, 6.07) is 12.4. The number of thiophene rings is 1. The van der Waals surface area contributed by atoms with Gasteiger partial charge in [-0.3, -0.25) is 9.78 Å². The third kappa shape index (κ3) is 9.10. The van der Waals surface area contributed by atoms with E-state index in [-0.39, 0.29) is 31.6 Å². The Labute approximate surface area is 350 Å². The largest absolute Gasteiger partial charge is 0.512 e. The molecule has 0 saturated carbocycles. The van der Waals surface area contributed by atoms with E-state index < -0.39 is 0 Å². The number of unbranched alkanes of at least 4 members (excludes halogenated alkanes) is 2. The second kappa shape index (κ2) is 17.9. The topological polar surface area (TPSA) is 59.4 Å². The Morgan fingerprint density at radius 3 is 2.06 bits per heavy atom. The molecule has 2 aromatic heterocycles. The molecule has 4 nitrogen and oxygen atoms in total. The number of benzene rings is 3. The molecule has 0 bridgehead atoms. The number of aryl methyl sites for hydroxylation is 4. The second-order valence-electron chi connectivity index (χ2n) is 14.3. The van der Waals surface area contributed by atoms with Crippen LogP contribution in [0.2, 0.25) is 0 Å². The number of nitrogens with zero attached hydrogens (tertiary/aromatic N) is 1. The predicted octanol–water partition coefficient (Wildman–Crippen LogP) is 13.7. The molecule has 0 unspecified atom stereocenters. The number of Topliss-reactive ketones (excluding diaryl/α,β-unsaturated/α-hetero) is 1. The van der Waals surface area contributed by atoms with Crippen molar-refractivity contribution in [2.24, 2.45) is 0 Å². The summed E-state index contributed by atoms with van der Waals surface area (Å²) in [6.45, 7) is 23.4. The molecule has 1 N–H and O–H groups in total. The van der Waals surface area contributed by atoms with Crippen LogP contribution in [0.5, 0.6) is 5.75 Å². The van der Waals surface area contributed by atoms with E-state index in [0.29, 0.717) is 18.6 Å². The monoisotopic (exact) mass is 1040 g/mol. The smallest absolute Gasteiger partial charge is 0.158 e. The van der Waals surface area contributed by atoms with Crippen LogP contribution in [0.3, 0.4) is 0 Å². The van der Waals surface area contributed by atoms with E-state index in [0.717, 1.165) is 51.8 Å². The van der Waals surface area contributed by atoms with Gasteiger partial charge < -0.3 is 9.84 Å². The molecule has 0 spiro atoms. The van der Waals surface area contributed by atoms with Crippen LogP contribution in [-0.2, 0) is 31.3 Å². The Morgan fingerprint density at radius 1 is 0.792 bits per heavy atom. The maximum absolute atomic E-state index is 11.3. The minimum atomic E-state index is -0.0728. The normalized spacial score (nSPS) is 12.1. The number of carbonyl (C=O) groups excluding carboxylic acids is 1. The first-order valence-electron chi connectivity index (χ1n) is 18.0. The number of fused-ring (bicyclic) bond motifs is 4. The molecule has 3 aromatic carbocycles. The minimum Gasteiger partial charge on any atom is -0.512 e. The van der Waals surface area contributed by atoms with Crippen molar-refractivity contribution >= 4 is 59.1 Å². The van der Waals surface area contributed by atoms with Crippen molar-refractivity contribution in [3.8, 4) is 27.4 Å². The molecule has 0 saturated heterocycles. The van der Waals surface area contributed by atoms with Crippen LogP contribution in [-0.4, -0.2) is 22.5 Å². The van der Waals surface area contributed by atoms with Crippen molar-refractivity contribution in [3.63, 3.8) is 0 Å². The van der Waals surface area contributed by atoms with Gasteiger partial charge in [0.2, 0.25) is 0 Å². The number of pyridine rings is 1. The molecule has 53 heavy (non-hydrogen) atoms. The number of ether oxygens (including phenoxy) is 1. The summed E-state index contributed by atoms with van der Waals surface area (Å²) in [4.78, 5) is 17.3. The van der Waals surface area contributed by atoms with Crippen LogP contribution >= 0.6 is 43.2 Å². The van der Waals surface area contributed by atoms with Crippen LogP contribution in [0.25, 0.3) is 31.8 Å². The molecule has 1 aliphatic carbocycles. The van der Waals surface area contributed by atoms with Gasteiger partial charge in [0.25, 0.3) is 0 Å². The van der Waals surface area contributed by atoms with E-state index in [2.05, 4.69) is 125 Å². The Kier molecular flexibility index (Phi) is 14.6. The minimum absolute atomic E-state index is 0. The molecule has 0 fully saturated rings. The van der Waals surface area contributed by atoms with Gasteiger partial charge in [-0.2, -0.15) is 0 Å². The Balaban J connectivity index is 0.000000238. The molecular weight excluding hydrogens is 987 g/mol. The number of hydrogen-bond donors (Lipinski definition) is 1. The van der Waals surface area contributed by atoms with E-state index in [1.807, 2.05) is 11.3 Å². The molecule has 0 aliphatic heterocycles. The molecule has 0 amide bonds. The number of aromatic nitrogens is 1. The molecule has 1 aliphatic rings. The first-order chi connectivity index (χ1) is 24.5. The van der Waals surface area contributed by atoms with Gasteiger partial charge in [-0.15, -0.1) is 17.0 Å². The number of halogens is 2. The van der Waals surface area contributed by atoms with Crippen LogP contribution in [0.4, 0.5) is 0 Å². The average molecular weight is 1040 g/mol. The van der Waals surface area contributed by atoms with Gasteiger partial charge in [0.05, 0.1) is 16.8 Å². The summed E-state index contributed by atoms with van der Waals surface area (Å²) in [5.41, 5.74) is 18.6. The van der Waals surface area contributed by atoms with Crippen molar-refractivity contribution in [2.75, 3.05) is 6.61 Å². The quantitative estimate of drug-likeness (QED) is 0.0678. The molecule has 283 valence electrons. The zero-order valence-corrected chi connectivity index (χ0v) is 39.1. The molecule has 1 radical (unpaired) electrons. The first-order valence-corrected chi connectivity index (χ1v) is 20.4. The summed E-state index contributed by atoms with van der Waals surface area (Å²) >= 11 is 9.11. The van der Waals surface area contributed by atoms with Gasteiger partial charge in [0.1, 0.15) is 5.75 Å². The average Bonchev–Trinajstić information content (AvgIpc) is 3.70. The number of rotatable bonds is 9. The number of hydrogen-bond acceptors (Lipinski definition) is 5. The van der Waals surface area contributed by atoms with Gasteiger partial charge in [-0.05, 0) is 172 Å². The van der Waals surface area contributed by atoms with Crippen LogP contribution in [0.15, 0.2) is 44.5 Å². The maximum atomic E-state index is 11.3. The Bertz CT molecular complexity index is 2210. The van der Waals surface area contributed by atoms with Gasteiger partial charge in [-0.1, -0.05) is 56.7 Å². The third-order valence-corrected chi connectivity index (χ3v) is 13.8. The summed E-state index contributed by atoms with van der Waals surface area (Å²) in [5.74, 6) is 1.00. The molecule has 0 atom stereocenters. The molecule has 5 aromatic rings. The van der Waals surface area contributed by atoms with E-state index in [9.17, 15) is 9.90 Å². The van der Waals surface area contributed by atoms with Crippen molar-refractivity contribution < 1.29 is 34.7 Å². The SMILES string of the molecule is CC(=O)C(C)=C(O)CCCCCOc1cc2c(cc1Br)Cc1cc(Br)c(C)cc1-2.Cc1nc(-c2[c-]c3c(C)c(C)c(C)c(C)c3s2)c(C)c(C)c1C.[Ir]. The molecule has 2 heterocycles. The van der Waals surface area contributed by atoms with Gasteiger partial charge in [0, 0.05) is 48.0 Å². The van der Waals surface area contributed by atoms with Crippen molar-refractivity contribution in [2.45, 2.75) is 108 Å².